The molecule has 0 spiro atoms. The third-order valence-electron chi connectivity index (χ3n) is 3.95. The summed E-state index contributed by atoms with van der Waals surface area (Å²) in [5.74, 6) is 0.595. The lowest BCUT2D eigenvalue weighted by atomic mass is 9.92. The molecular weight excluding hydrogens is 280 g/mol. The molecule has 1 amide bonds. The van der Waals surface area contributed by atoms with E-state index >= 15 is 0 Å². The molecule has 3 rings (SSSR count). The predicted molar refractivity (Wildman–Crippen MR) is 82.8 cm³/mol. The number of aromatic nitrogens is 4. The highest BCUT2D eigenvalue weighted by Gasteiger charge is 2.25. The first-order chi connectivity index (χ1) is 10.6. The van der Waals surface area contributed by atoms with Gasteiger partial charge in [-0.2, -0.15) is 5.10 Å². The van der Waals surface area contributed by atoms with Gasteiger partial charge in [0.05, 0.1) is 23.5 Å². The van der Waals surface area contributed by atoms with Crippen LogP contribution in [0.4, 0.5) is 5.95 Å². The summed E-state index contributed by atoms with van der Waals surface area (Å²) in [4.78, 5) is 23.2. The molecule has 116 valence electrons. The summed E-state index contributed by atoms with van der Waals surface area (Å²) in [6, 6.07) is -0.0400. The van der Waals surface area contributed by atoms with Crippen LogP contribution in [0.15, 0.2) is 12.4 Å². The summed E-state index contributed by atoms with van der Waals surface area (Å²) in [6.45, 7) is 1.84. The van der Waals surface area contributed by atoms with E-state index in [-0.39, 0.29) is 11.9 Å². The number of aromatic amines is 1. The number of carbonyl (C=O) groups is 1. The molecule has 2 heterocycles. The van der Waals surface area contributed by atoms with Gasteiger partial charge >= 0.3 is 0 Å². The van der Waals surface area contributed by atoms with Crippen LogP contribution in [0.3, 0.4) is 0 Å². The molecule has 0 bridgehead atoms. The second-order valence-corrected chi connectivity index (χ2v) is 5.79. The third-order valence-corrected chi connectivity index (χ3v) is 3.95. The van der Waals surface area contributed by atoms with E-state index in [1.165, 1.54) is 0 Å². The summed E-state index contributed by atoms with van der Waals surface area (Å²) in [7, 11) is 3.84. The van der Waals surface area contributed by atoms with Gasteiger partial charge in [0.15, 0.2) is 0 Å². The monoisotopic (exact) mass is 300 g/mol. The zero-order valence-electron chi connectivity index (χ0n) is 13.1. The topological polar surface area (TPSA) is 86.8 Å². The van der Waals surface area contributed by atoms with Gasteiger partial charge in [-0.15, -0.1) is 0 Å². The number of H-pyrrole nitrogens is 1. The van der Waals surface area contributed by atoms with Crippen LogP contribution in [0.2, 0.25) is 0 Å². The Balaban J connectivity index is 1.83. The first-order valence-corrected chi connectivity index (χ1v) is 7.40. The minimum absolute atomic E-state index is 0.0400. The molecule has 0 fully saturated rings. The third kappa shape index (κ3) is 2.66. The fourth-order valence-corrected chi connectivity index (χ4v) is 2.72. The first kappa shape index (κ1) is 14.5. The quantitative estimate of drug-likeness (QED) is 0.894. The highest BCUT2D eigenvalue weighted by molar-refractivity contribution is 5.95. The number of hydrogen-bond donors (Lipinski definition) is 2. The second-order valence-electron chi connectivity index (χ2n) is 5.79. The lowest BCUT2D eigenvalue weighted by molar-refractivity contribution is 0.0932. The van der Waals surface area contributed by atoms with Crippen molar-refractivity contribution >= 4 is 11.9 Å². The average Bonchev–Trinajstić information content (AvgIpc) is 2.93. The van der Waals surface area contributed by atoms with Crippen molar-refractivity contribution in [3.05, 3.63) is 34.9 Å². The Morgan fingerprint density at radius 2 is 2.23 bits per heavy atom. The number of hydrogen-bond acceptors (Lipinski definition) is 5. The highest BCUT2D eigenvalue weighted by atomic mass is 16.1. The Morgan fingerprint density at radius 1 is 1.41 bits per heavy atom. The van der Waals surface area contributed by atoms with Crippen molar-refractivity contribution in [1.29, 1.82) is 0 Å². The van der Waals surface area contributed by atoms with Crippen LogP contribution in [-0.4, -0.2) is 40.2 Å². The Bertz CT molecular complexity index is 693. The van der Waals surface area contributed by atoms with E-state index in [1.54, 1.807) is 6.20 Å². The predicted octanol–water partition coefficient (Wildman–Crippen LogP) is 1.38. The molecule has 2 N–H and O–H groups in total. The van der Waals surface area contributed by atoms with Crippen molar-refractivity contribution in [3.63, 3.8) is 0 Å². The van der Waals surface area contributed by atoms with Crippen LogP contribution in [0.5, 0.6) is 0 Å². The summed E-state index contributed by atoms with van der Waals surface area (Å²) >= 11 is 0. The highest BCUT2D eigenvalue weighted by Crippen LogP contribution is 2.29. The van der Waals surface area contributed by atoms with Crippen molar-refractivity contribution in [2.45, 2.75) is 32.2 Å². The van der Waals surface area contributed by atoms with Crippen LogP contribution in [0.1, 0.15) is 46.2 Å². The largest absolute Gasteiger partial charge is 0.347 e. The number of nitrogens with one attached hydrogen (secondary N) is 2. The maximum atomic E-state index is 12.4. The number of anilines is 1. The molecule has 2 aromatic rings. The van der Waals surface area contributed by atoms with Gasteiger partial charge in [-0.05, 0) is 26.2 Å². The first-order valence-electron chi connectivity index (χ1n) is 7.40. The van der Waals surface area contributed by atoms with E-state index in [9.17, 15) is 4.79 Å². The molecule has 1 unspecified atom stereocenters. The van der Waals surface area contributed by atoms with E-state index in [2.05, 4.69) is 25.5 Å². The number of rotatable bonds is 3. The smallest absolute Gasteiger partial charge is 0.255 e. The molecule has 0 aliphatic heterocycles. The molecule has 7 heteroatoms. The van der Waals surface area contributed by atoms with E-state index in [0.717, 1.165) is 36.2 Å². The molecule has 1 aliphatic carbocycles. The van der Waals surface area contributed by atoms with E-state index in [0.29, 0.717) is 11.5 Å². The van der Waals surface area contributed by atoms with Crippen LogP contribution < -0.4 is 10.2 Å². The fraction of sp³-hybridized carbons (Fsp3) is 0.467. The van der Waals surface area contributed by atoms with Gasteiger partial charge in [0.25, 0.3) is 5.91 Å². The Morgan fingerprint density at radius 3 is 2.91 bits per heavy atom. The van der Waals surface area contributed by atoms with E-state index in [1.807, 2.05) is 32.1 Å². The Hall–Kier alpha value is -2.44. The SMILES string of the molecule is Cc1[nH]ncc1C(=O)NC1CCCc2nc(N(C)C)ncc21. The normalized spacial score (nSPS) is 17.0. The van der Waals surface area contributed by atoms with Crippen molar-refractivity contribution in [1.82, 2.24) is 25.5 Å². The standard InChI is InChI=1S/C15H20N6O/c1-9-10(8-17-20-9)14(22)18-12-5-4-6-13-11(12)7-16-15(19-13)21(2)3/h7-8,12H,4-6H2,1-3H3,(H,17,20)(H,18,22). The molecule has 2 aromatic heterocycles. The van der Waals surface area contributed by atoms with Crippen molar-refractivity contribution < 1.29 is 4.79 Å². The summed E-state index contributed by atoms with van der Waals surface area (Å²) in [5.41, 5.74) is 3.40. The van der Waals surface area contributed by atoms with Gasteiger partial charge in [0.1, 0.15) is 0 Å². The molecular formula is C15H20N6O. The lowest BCUT2D eigenvalue weighted by Crippen LogP contribution is -2.32. The van der Waals surface area contributed by atoms with Gasteiger partial charge in [-0.3, -0.25) is 9.89 Å². The molecule has 22 heavy (non-hydrogen) atoms. The second kappa shape index (κ2) is 5.75. The van der Waals surface area contributed by atoms with Gasteiger partial charge in [0, 0.05) is 31.5 Å². The van der Waals surface area contributed by atoms with Crippen molar-refractivity contribution in [2.24, 2.45) is 0 Å². The van der Waals surface area contributed by atoms with E-state index < -0.39 is 0 Å². The lowest BCUT2D eigenvalue weighted by Gasteiger charge is -2.26. The number of amides is 1. The van der Waals surface area contributed by atoms with Crippen LogP contribution in [0, 0.1) is 6.92 Å². The minimum Gasteiger partial charge on any atom is -0.347 e. The molecule has 0 aromatic carbocycles. The Kier molecular flexibility index (Phi) is 3.79. The molecule has 1 atom stereocenters. The van der Waals surface area contributed by atoms with E-state index in [4.69, 9.17) is 0 Å². The fourth-order valence-electron chi connectivity index (χ4n) is 2.72. The molecule has 0 saturated carbocycles. The van der Waals surface area contributed by atoms with Crippen LogP contribution in [-0.2, 0) is 6.42 Å². The van der Waals surface area contributed by atoms with Crippen LogP contribution in [0.25, 0.3) is 0 Å². The van der Waals surface area contributed by atoms with Gasteiger partial charge in [-0.1, -0.05) is 0 Å². The van der Waals surface area contributed by atoms with Gasteiger partial charge in [0.2, 0.25) is 5.95 Å². The molecule has 1 aliphatic rings. The molecule has 7 nitrogen and oxygen atoms in total. The van der Waals surface area contributed by atoms with Gasteiger partial charge < -0.3 is 10.2 Å². The number of carbonyl (C=O) groups excluding carboxylic acids is 1. The summed E-state index contributed by atoms with van der Waals surface area (Å²) in [5, 5.41) is 9.75. The number of fused-ring (bicyclic) bond motifs is 1. The zero-order valence-corrected chi connectivity index (χ0v) is 13.1. The molecule has 0 radical (unpaired) electrons. The van der Waals surface area contributed by atoms with Crippen molar-refractivity contribution in [2.75, 3.05) is 19.0 Å². The van der Waals surface area contributed by atoms with Crippen molar-refractivity contribution in [3.8, 4) is 0 Å². The maximum Gasteiger partial charge on any atom is 0.255 e. The number of aryl methyl sites for hydroxylation is 2. The average molecular weight is 300 g/mol. The van der Waals surface area contributed by atoms with Crippen LogP contribution >= 0.6 is 0 Å². The number of nitrogens with zero attached hydrogens (tertiary/aromatic N) is 4. The minimum atomic E-state index is -0.110. The Labute approximate surface area is 129 Å². The zero-order chi connectivity index (χ0) is 15.7. The molecule has 0 saturated heterocycles. The summed E-state index contributed by atoms with van der Waals surface area (Å²) < 4.78 is 0. The summed E-state index contributed by atoms with van der Waals surface area (Å²) in [6.07, 6.45) is 6.23. The maximum absolute atomic E-state index is 12.4. The van der Waals surface area contributed by atoms with Gasteiger partial charge in [-0.25, -0.2) is 9.97 Å².